The Kier molecular flexibility index (Phi) is 4.43. The highest BCUT2D eigenvalue weighted by atomic mass is 16.3. The lowest BCUT2D eigenvalue weighted by atomic mass is 9.79. The van der Waals surface area contributed by atoms with E-state index in [0.717, 1.165) is 6.42 Å². The normalized spacial score (nSPS) is 15.7. The molecule has 0 aliphatic heterocycles. The van der Waals surface area contributed by atoms with Crippen LogP contribution < -0.4 is 0 Å². The van der Waals surface area contributed by atoms with Crippen molar-refractivity contribution in [3.8, 4) is 0 Å². The Bertz CT molecular complexity index is 119. The van der Waals surface area contributed by atoms with E-state index in [0.29, 0.717) is 5.92 Å². The number of rotatable bonds is 3. The van der Waals surface area contributed by atoms with Crippen LogP contribution in [0.3, 0.4) is 0 Å². The van der Waals surface area contributed by atoms with Gasteiger partial charge in [-0.1, -0.05) is 32.9 Å². The van der Waals surface area contributed by atoms with Gasteiger partial charge in [-0.3, -0.25) is 0 Å². The first-order valence-electron chi connectivity index (χ1n) is 4.26. The Morgan fingerprint density at radius 1 is 1.36 bits per heavy atom. The topological polar surface area (TPSA) is 20.2 Å². The minimum atomic E-state index is 0.273. The van der Waals surface area contributed by atoms with Crippen LogP contribution in [0, 0.1) is 11.3 Å². The minimum absolute atomic E-state index is 0.273. The Labute approximate surface area is 70.1 Å². The molecule has 0 saturated carbocycles. The lowest BCUT2D eigenvalue weighted by Gasteiger charge is -2.27. The largest absolute Gasteiger partial charge is 0.396 e. The fourth-order valence-electron chi connectivity index (χ4n) is 1.19. The van der Waals surface area contributed by atoms with Gasteiger partial charge in [0.05, 0.1) is 0 Å². The summed E-state index contributed by atoms with van der Waals surface area (Å²) in [4.78, 5) is 0. The van der Waals surface area contributed by atoms with E-state index in [-0.39, 0.29) is 12.0 Å². The van der Waals surface area contributed by atoms with Crippen LogP contribution >= 0.6 is 0 Å². The Morgan fingerprint density at radius 3 is 2.18 bits per heavy atom. The van der Waals surface area contributed by atoms with Crippen LogP contribution in [0.15, 0.2) is 12.2 Å². The fraction of sp³-hybridized carbons (Fsp3) is 0.800. The second-order valence-electron chi connectivity index (χ2n) is 4.01. The maximum absolute atomic E-state index is 8.79. The summed E-state index contributed by atoms with van der Waals surface area (Å²) < 4.78 is 0. The van der Waals surface area contributed by atoms with Crippen LogP contribution in [-0.4, -0.2) is 11.7 Å². The standard InChI is InChI=1S/C10H20O/c1-5-6-9(7-8-11)10(2,3)4/h5-6,9,11H,7-8H2,1-4H3/b6-5+/t9-/m1/s1. The van der Waals surface area contributed by atoms with Crippen molar-refractivity contribution in [1.82, 2.24) is 0 Å². The molecule has 0 fully saturated rings. The molecule has 0 amide bonds. The van der Waals surface area contributed by atoms with E-state index in [9.17, 15) is 0 Å². The second-order valence-corrected chi connectivity index (χ2v) is 4.01. The molecule has 0 aliphatic rings. The monoisotopic (exact) mass is 156 g/mol. The van der Waals surface area contributed by atoms with Gasteiger partial charge in [0.1, 0.15) is 0 Å². The lowest BCUT2D eigenvalue weighted by Crippen LogP contribution is -2.19. The summed E-state index contributed by atoms with van der Waals surface area (Å²) in [5.41, 5.74) is 0.273. The van der Waals surface area contributed by atoms with E-state index >= 15 is 0 Å². The zero-order chi connectivity index (χ0) is 8.91. The van der Waals surface area contributed by atoms with Crippen LogP contribution in [-0.2, 0) is 0 Å². The van der Waals surface area contributed by atoms with Crippen LogP contribution in [0.25, 0.3) is 0 Å². The predicted molar refractivity (Wildman–Crippen MR) is 49.5 cm³/mol. The zero-order valence-corrected chi connectivity index (χ0v) is 8.09. The highest BCUT2D eigenvalue weighted by Gasteiger charge is 2.20. The van der Waals surface area contributed by atoms with Gasteiger partial charge in [0.2, 0.25) is 0 Å². The maximum Gasteiger partial charge on any atom is 0.0436 e. The second kappa shape index (κ2) is 4.55. The van der Waals surface area contributed by atoms with Crippen LogP contribution in [0.1, 0.15) is 34.1 Å². The highest BCUT2D eigenvalue weighted by molar-refractivity contribution is 4.91. The number of hydrogen-bond acceptors (Lipinski definition) is 1. The molecule has 11 heavy (non-hydrogen) atoms. The molecule has 1 nitrogen and oxygen atoms in total. The minimum Gasteiger partial charge on any atom is -0.396 e. The Morgan fingerprint density at radius 2 is 1.91 bits per heavy atom. The molecular weight excluding hydrogens is 136 g/mol. The van der Waals surface area contributed by atoms with Gasteiger partial charge in [-0.25, -0.2) is 0 Å². The third kappa shape index (κ3) is 4.20. The van der Waals surface area contributed by atoms with E-state index in [1.54, 1.807) is 0 Å². The molecule has 0 bridgehead atoms. The molecule has 66 valence electrons. The summed E-state index contributed by atoms with van der Waals surface area (Å²) >= 11 is 0. The smallest absolute Gasteiger partial charge is 0.0436 e. The van der Waals surface area contributed by atoms with Gasteiger partial charge in [0.15, 0.2) is 0 Å². The molecule has 0 radical (unpaired) electrons. The zero-order valence-electron chi connectivity index (χ0n) is 8.09. The number of allylic oxidation sites excluding steroid dienone is 2. The average Bonchev–Trinajstić information content (AvgIpc) is 1.85. The molecule has 0 aromatic carbocycles. The van der Waals surface area contributed by atoms with Gasteiger partial charge in [0, 0.05) is 6.61 Å². The van der Waals surface area contributed by atoms with Crippen LogP contribution in [0.4, 0.5) is 0 Å². The van der Waals surface area contributed by atoms with Crippen molar-refractivity contribution in [3.05, 3.63) is 12.2 Å². The van der Waals surface area contributed by atoms with E-state index in [1.807, 2.05) is 6.92 Å². The summed E-state index contributed by atoms with van der Waals surface area (Å²) in [5.74, 6) is 0.498. The first-order valence-corrected chi connectivity index (χ1v) is 4.26. The van der Waals surface area contributed by atoms with Crippen molar-refractivity contribution in [2.75, 3.05) is 6.61 Å². The molecule has 0 spiro atoms. The summed E-state index contributed by atoms with van der Waals surface area (Å²) in [6, 6.07) is 0. The third-order valence-electron chi connectivity index (χ3n) is 1.98. The van der Waals surface area contributed by atoms with Gasteiger partial charge < -0.3 is 5.11 Å². The van der Waals surface area contributed by atoms with E-state index in [4.69, 9.17) is 5.11 Å². The molecule has 0 heterocycles. The van der Waals surface area contributed by atoms with E-state index in [1.165, 1.54) is 0 Å². The maximum atomic E-state index is 8.79. The predicted octanol–water partition coefficient (Wildman–Crippen LogP) is 2.61. The van der Waals surface area contributed by atoms with Crippen LogP contribution in [0.5, 0.6) is 0 Å². The van der Waals surface area contributed by atoms with Gasteiger partial charge in [-0.05, 0) is 24.7 Å². The Hall–Kier alpha value is -0.300. The molecular formula is C10H20O. The number of hydrogen-bond donors (Lipinski definition) is 1. The summed E-state index contributed by atoms with van der Waals surface area (Å²) in [7, 11) is 0. The first-order chi connectivity index (χ1) is 5.02. The number of aliphatic hydroxyl groups excluding tert-OH is 1. The van der Waals surface area contributed by atoms with Crippen molar-refractivity contribution in [1.29, 1.82) is 0 Å². The lowest BCUT2D eigenvalue weighted by molar-refractivity contribution is 0.207. The molecule has 1 heteroatoms. The van der Waals surface area contributed by atoms with E-state index in [2.05, 4.69) is 32.9 Å². The van der Waals surface area contributed by atoms with Crippen molar-refractivity contribution in [2.45, 2.75) is 34.1 Å². The first kappa shape index (κ1) is 10.7. The van der Waals surface area contributed by atoms with Gasteiger partial charge in [-0.15, -0.1) is 0 Å². The molecule has 0 aromatic rings. The molecule has 0 saturated heterocycles. The summed E-state index contributed by atoms with van der Waals surface area (Å²) in [5, 5.41) is 8.79. The summed E-state index contributed by atoms with van der Waals surface area (Å²) in [6.45, 7) is 8.91. The number of aliphatic hydroxyl groups is 1. The SMILES string of the molecule is C/C=C/[C@H](CCO)C(C)(C)C. The molecule has 0 aromatic heterocycles. The van der Waals surface area contributed by atoms with E-state index < -0.39 is 0 Å². The van der Waals surface area contributed by atoms with Gasteiger partial charge in [0.25, 0.3) is 0 Å². The average molecular weight is 156 g/mol. The van der Waals surface area contributed by atoms with Crippen molar-refractivity contribution < 1.29 is 5.11 Å². The van der Waals surface area contributed by atoms with Gasteiger partial charge >= 0.3 is 0 Å². The fourth-order valence-corrected chi connectivity index (χ4v) is 1.19. The third-order valence-corrected chi connectivity index (χ3v) is 1.98. The van der Waals surface area contributed by atoms with Crippen molar-refractivity contribution in [3.63, 3.8) is 0 Å². The van der Waals surface area contributed by atoms with Crippen LogP contribution in [0.2, 0.25) is 0 Å². The van der Waals surface area contributed by atoms with Crippen molar-refractivity contribution >= 4 is 0 Å². The summed E-state index contributed by atoms with van der Waals surface area (Å²) in [6.07, 6.45) is 5.11. The highest BCUT2D eigenvalue weighted by Crippen LogP contribution is 2.29. The van der Waals surface area contributed by atoms with Gasteiger partial charge in [-0.2, -0.15) is 0 Å². The van der Waals surface area contributed by atoms with Crippen molar-refractivity contribution in [2.24, 2.45) is 11.3 Å². The molecule has 1 N–H and O–H groups in total. The molecule has 0 unspecified atom stereocenters. The molecule has 1 atom stereocenters. The quantitative estimate of drug-likeness (QED) is 0.623. The molecule has 0 aliphatic carbocycles. The molecule has 0 rings (SSSR count). The Balaban J connectivity index is 4.10.